The molecule has 2 aliphatic rings. The van der Waals surface area contributed by atoms with E-state index in [1.54, 1.807) is 12.1 Å². The Hall–Kier alpha value is -2.96. The van der Waals surface area contributed by atoms with Crippen LogP contribution in [0.3, 0.4) is 0 Å². The number of nitrogens with zero attached hydrogens (tertiary/aromatic N) is 1. The van der Waals surface area contributed by atoms with Crippen LogP contribution >= 0.6 is 0 Å². The Balaban J connectivity index is 1.76. The van der Waals surface area contributed by atoms with Crippen LogP contribution in [-0.4, -0.2) is 52.9 Å². The van der Waals surface area contributed by atoms with E-state index < -0.39 is 11.9 Å². The van der Waals surface area contributed by atoms with Gasteiger partial charge in [-0.3, -0.25) is 9.69 Å². The number of allylic oxidation sites excluding steroid dienone is 6. The summed E-state index contributed by atoms with van der Waals surface area (Å²) in [7, 11) is 0. The molecule has 0 saturated heterocycles. The van der Waals surface area contributed by atoms with Gasteiger partial charge in [-0.15, -0.1) is 0 Å². The molecule has 6 nitrogen and oxygen atoms in total. The summed E-state index contributed by atoms with van der Waals surface area (Å²) >= 11 is 0. The van der Waals surface area contributed by atoms with Crippen molar-refractivity contribution in [2.24, 2.45) is 5.92 Å². The zero-order chi connectivity index (χ0) is 27.7. The zero-order valence-corrected chi connectivity index (χ0v) is 23.2. The maximum atomic E-state index is 11.3. The van der Waals surface area contributed by atoms with Gasteiger partial charge in [-0.2, -0.15) is 0 Å². The minimum atomic E-state index is -0.927. The first-order chi connectivity index (χ1) is 19.0. The lowest BCUT2D eigenvalue weighted by molar-refractivity contribution is -0.137. The molecule has 0 bridgehead atoms. The summed E-state index contributed by atoms with van der Waals surface area (Å²) in [6, 6.07) is 7.07. The van der Waals surface area contributed by atoms with Crippen LogP contribution in [0.25, 0.3) is 0 Å². The Morgan fingerprint density at radius 2 is 1.54 bits per heavy atom. The van der Waals surface area contributed by atoms with Gasteiger partial charge in [0.15, 0.2) is 0 Å². The number of rotatable bonds is 14. The van der Waals surface area contributed by atoms with Crippen molar-refractivity contribution in [2.75, 3.05) is 19.7 Å². The van der Waals surface area contributed by atoms with Gasteiger partial charge in [0.1, 0.15) is 0 Å². The molecule has 212 valence electrons. The lowest BCUT2D eigenvalue weighted by Crippen LogP contribution is -2.39. The lowest BCUT2D eigenvalue weighted by atomic mass is 9.90. The van der Waals surface area contributed by atoms with Crippen LogP contribution in [0.15, 0.2) is 72.4 Å². The van der Waals surface area contributed by atoms with Crippen molar-refractivity contribution in [3.63, 3.8) is 0 Å². The van der Waals surface area contributed by atoms with Gasteiger partial charge in [-0.1, -0.05) is 93.2 Å². The average molecular weight is 536 g/mol. The van der Waals surface area contributed by atoms with E-state index in [9.17, 15) is 14.7 Å². The van der Waals surface area contributed by atoms with E-state index in [-0.39, 0.29) is 18.1 Å². The summed E-state index contributed by atoms with van der Waals surface area (Å²) in [6.07, 6.45) is 26.0. The maximum Gasteiger partial charge on any atom is 0.335 e. The Morgan fingerprint density at radius 3 is 2.23 bits per heavy atom. The summed E-state index contributed by atoms with van der Waals surface area (Å²) in [4.78, 5) is 24.8. The van der Waals surface area contributed by atoms with E-state index in [0.717, 1.165) is 30.6 Å². The number of carboxylic acid groups (broad SMARTS) is 2. The number of hydrogen-bond acceptors (Lipinski definition) is 4. The van der Waals surface area contributed by atoms with Crippen molar-refractivity contribution in [3.8, 4) is 0 Å². The molecule has 0 spiro atoms. The van der Waals surface area contributed by atoms with Crippen molar-refractivity contribution < 1.29 is 24.5 Å². The van der Waals surface area contributed by atoms with Crippen LogP contribution in [0.4, 0.5) is 0 Å². The fraction of sp³-hybridized carbons (Fsp3) is 0.515. The SMILES string of the molecule is O=C(O)CCCCN(Cc1ccc(C(=O)O)cc1)CC(OCC1=C/C=C\C=C/C=C1)C1CCCCCCCC1. The van der Waals surface area contributed by atoms with Crippen LogP contribution in [0, 0.1) is 5.92 Å². The second-order valence-corrected chi connectivity index (χ2v) is 10.8. The minimum absolute atomic E-state index is 0.0696. The van der Waals surface area contributed by atoms with Crippen LogP contribution in [0.1, 0.15) is 86.6 Å². The molecule has 1 unspecified atom stereocenters. The second-order valence-electron chi connectivity index (χ2n) is 10.8. The standard InChI is InChI=1S/C33H45NO5/c35-32(36)18-12-13-23-34(24-27-19-21-30(22-20-27)33(37)38)25-31(29-16-10-6-1-2-7-11-17-29)39-26-28-14-8-4-3-5-9-15-28/h3-5,8-9,14-15,19-22,29,31H,1-2,6-7,10-13,16-18,23-26H2,(H,35,36)(H,37,38)/b4-3-,5-3?,8-4?,9-5-,14-8?,15-9?,28-14?,28-15?. The number of unbranched alkanes of at least 4 members (excludes halogenated alkanes) is 1. The number of aromatic carboxylic acids is 1. The molecule has 0 amide bonds. The summed E-state index contributed by atoms with van der Waals surface area (Å²) in [5, 5.41) is 18.4. The van der Waals surface area contributed by atoms with Crippen LogP contribution in [0.2, 0.25) is 0 Å². The molecule has 2 N–H and O–H groups in total. The van der Waals surface area contributed by atoms with Crippen molar-refractivity contribution >= 4 is 11.9 Å². The molecule has 0 heterocycles. The van der Waals surface area contributed by atoms with Crippen LogP contribution in [0.5, 0.6) is 0 Å². The van der Waals surface area contributed by atoms with E-state index in [4.69, 9.17) is 9.84 Å². The summed E-state index contributed by atoms with van der Waals surface area (Å²) in [6.45, 7) is 2.77. The van der Waals surface area contributed by atoms with E-state index in [0.29, 0.717) is 25.5 Å². The molecular formula is C33H45NO5. The normalized spacial score (nSPS) is 19.2. The first-order valence-corrected chi connectivity index (χ1v) is 14.6. The largest absolute Gasteiger partial charge is 0.481 e. The highest BCUT2D eigenvalue weighted by atomic mass is 16.5. The molecule has 1 fully saturated rings. The van der Waals surface area contributed by atoms with E-state index in [1.807, 2.05) is 42.5 Å². The highest BCUT2D eigenvalue weighted by Gasteiger charge is 2.25. The van der Waals surface area contributed by atoms with Gasteiger partial charge in [0, 0.05) is 19.5 Å². The maximum absolute atomic E-state index is 11.3. The van der Waals surface area contributed by atoms with Crippen molar-refractivity contribution in [1.82, 2.24) is 4.90 Å². The van der Waals surface area contributed by atoms with Gasteiger partial charge < -0.3 is 14.9 Å². The number of hydrogen-bond donors (Lipinski definition) is 2. The highest BCUT2D eigenvalue weighted by molar-refractivity contribution is 5.87. The Kier molecular flexibility index (Phi) is 13.8. The molecular weight excluding hydrogens is 490 g/mol. The predicted molar refractivity (Wildman–Crippen MR) is 156 cm³/mol. The third-order valence-corrected chi connectivity index (χ3v) is 7.61. The molecule has 1 aromatic carbocycles. The fourth-order valence-corrected chi connectivity index (χ4v) is 5.39. The van der Waals surface area contributed by atoms with Gasteiger partial charge in [0.05, 0.1) is 18.3 Å². The van der Waals surface area contributed by atoms with E-state index in [2.05, 4.69) is 17.1 Å². The first kappa shape index (κ1) is 30.6. The summed E-state index contributed by atoms with van der Waals surface area (Å²) in [5.41, 5.74) is 2.47. The van der Waals surface area contributed by atoms with Crippen molar-refractivity contribution in [1.29, 1.82) is 0 Å². The second kappa shape index (κ2) is 17.6. The fourth-order valence-electron chi connectivity index (χ4n) is 5.39. The summed E-state index contributed by atoms with van der Waals surface area (Å²) in [5.74, 6) is -1.21. The third kappa shape index (κ3) is 12.2. The smallest absolute Gasteiger partial charge is 0.335 e. The number of carboxylic acids is 2. The lowest BCUT2D eigenvalue weighted by Gasteiger charge is -2.33. The number of benzene rings is 1. The molecule has 1 aromatic rings. The molecule has 0 aromatic heterocycles. The molecule has 1 saturated carbocycles. The Bertz CT molecular complexity index is 997. The molecule has 0 radical (unpaired) electrons. The molecule has 3 rings (SSSR count). The number of carbonyl (C=O) groups is 2. The van der Waals surface area contributed by atoms with Gasteiger partial charge >= 0.3 is 11.9 Å². The van der Waals surface area contributed by atoms with E-state index in [1.165, 1.54) is 51.4 Å². The van der Waals surface area contributed by atoms with Crippen LogP contribution < -0.4 is 0 Å². The van der Waals surface area contributed by atoms with Crippen LogP contribution in [-0.2, 0) is 16.1 Å². The Labute approximate surface area is 233 Å². The monoisotopic (exact) mass is 535 g/mol. The Morgan fingerprint density at radius 1 is 0.872 bits per heavy atom. The van der Waals surface area contributed by atoms with Gasteiger partial charge in [0.25, 0.3) is 0 Å². The quantitative estimate of drug-likeness (QED) is 0.245. The molecule has 0 aliphatic heterocycles. The minimum Gasteiger partial charge on any atom is -0.481 e. The summed E-state index contributed by atoms with van der Waals surface area (Å²) < 4.78 is 6.73. The first-order valence-electron chi connectivity index (χ1n) is 14.6. The predicted octanol–water partition coefficient (Wildman–Crippen LogP) is 7.19. The zero-order valence-electron chi connectivity index (χ0n) is 23.2. The number of ether oxygens (including phenoxy) is 1. The van der Waals surface area contributed by atoms with Gasteiger partial charge in [-0.25, -0.2) is 4.79 Å². The van der Waals surface area contributed by atoms with E-state index >= 15 is 0 Å². The van der Waals surface area contributed by atoms with Gasteiger partial charge in [0.2, 0.25) is 0 Å². The topological polar surface area (TPSA) is 87.1 Å². The van der Waals surface area contributed by atoms with Crippen molar-refractivity contribution in [3.05, 3.63) is 83.5 Å². The molecule has 2 aliphatic carbocycles. The van der Waals surface area contributed by atoms with Crippen molar-refractivity contribution in [2.45, 2.75) is 83.3 Å². The average Bonchev–Trinajstić information content (AvgIpc) is 3.04. The number of aliphatic carboxylic acids is 1. The molecule has 1 atom stereocenters. The highest BCUT2D eigenvalue weighted by Crippen LogP contribution is 2.28. The molecule has 6 heteroatoms. The third-order valence-electron chi connectivity index (χ3n) is 7.61. The molecule has 39 heavy (non-hydrogen) atoms. The van der Waals surface area contributed by atoms with Gasteiger partial charge in [-0.05, 0) is 61.4 Å².